The molecule has 6 heteroatoms. The van der Waals surface area contributed by atoms with Crippen molar-refractivity contribution in [2.24, 2.45) is 11.7 Å². The Morgan fingerprint density at radius 2 is 2.08 bits per heavy atom. The van der Waals surface area contributed by atoms with Crippen molar-refractivity contribution in [2.45, 2.75) is 39.0 Å². The van der Waals surface area contributed by atoms with Crippen molar-refractivity contribution in [1.29, 1.82) is 0 Å². The first-order chi connectivity index (χ1) is 11.6. The van der Waals surface area contributed by atoms with Crippen molar-refractivity contribution in [1.82, 2.24) is 0 Å². The van der Waals surface area contributed by atoms with Crippen LogP contribution in [0.15, 0.2) is 18.2 Å². The number of anilines is 1. The lowest BCUT2D eigenvalue weighted by Gasteiger charge is -2.21. The van der Waals surface area contributed by atoms with Gasteiger partial charge in [-0.1, -0.05) is 0 Å². The van der Waals surface area contributed by atoms with E-state index in [0.717, 1.165) is 38.9 Å². The highest BCUT2D eigenvalue weighted by molar-refractivity contribution is 6.03. The van der Waals surface area contributed by atoms with E-state index >= 15 is 0 Å². The largest absolute Gasteiger partial charge is 0.494 e. The van der Waals surface area contributed by atoms with Crippen LogP contribution in [0.25, 0.3) is 0 Å². The lowest BCUT2D eigenvalue weighted by Crippen LogP contribution is -2.19. The minimum Gasteiger partial charge on any atom is -0.494 e. The molecule has 1 saturated heterocycles. The summed E-state index contributed by atoms with van der Waals surface area (Å²) in [6.07, 6.45) is 4.45. The minimum atomic E-state index is -0.589. The molecule has 132 valence electrons. The Labute approximate surface area is 142 Å². The average molecular weight is 334 g/mol. The van der Waals surface area contributed by atoms with Crippen LogP contribution < -0.4 is 15.8 Å². The van der Waals surface area contributed by atoms with Gasteiger partial charge in [-0.3, -0.25) is 9.59 Å². The number of nitrogens with one attached hydrogen (secondary N) is 1. The summed E-state index contributed by atoms with van der Waals surface area (Å²) in [5.74, 6) is 0.518. The van der Waals surface area contributed by atoms with Crippen molar-refractivity contribution in [3.63, 3.8) is 0 Å². The molecule has 0 bridgehead atoms. The van der Waals surface area contributed by atoms with Crippen molar-refractivity contribution in [3.8, 4) is 5.75 Å². The number of rotatable bonds is 8. The van der Waals surface area contributed by atoms with Crippen molar-refractivity contribution in [2.75, 3.05) is 25.1 Å². The van der Waals surface area contributed by atoms with Crippen molar-refractivity contribution in [3.05, 3.63) is 23.8 Å². The molecular formula is C18H26N2O4. The van der Waals surface area contributed by atoms with Crippen LogP contribution in [0.1, 0.15) is 49.4 Å². The van der Waals surface area contributed by atoms with Crippen LogP contribution in [0.3, 0.4) is 0 Å². The van der Waals surface area contributed by atoms with E-state index in [0.29, 0.717) is 30.4 Å². The van der Waals surface area contributed by atoms with Gasteiger partial charge in [-0.25, -0.2) is 0 Å². The maximum Gasteiger partial charge on any atom is 0.250 e. The van der Waals surface area contributed by atoms with Gasteiger partial charge in [-0.05, 0) is 56.7 Å². The van der Waals surface area contributed by atoms with Crippen LogP contribution in [0, 0.1) is 5.92 Å². The second kappa shape index (κ2) is 9.27. The van der Waals surface area contributed by atoms with E-state index in [1.54, 1.807) is 18.2 Å². The number of carbonyl (C=O) groups is 2. The lowest BCUT2D eigenvalue weighted by molar-refractivity contribution is -0.116. The molecule has 24 heavy (non-hydrogen) atoms. The Bertz CT molecular complexity index is 568. The first-order valence-corrected chi connectivity index (χ1v) is 8.54. The number of nitrogens with two attached hydrogens (primary N) is 1. The molecule has 2 amide bonds. The topological polar surface area (TPSA) is 90.7 Å². The predicted molar refractivity (Wildman–Crippen MR) is 92.2 cm³/mol. The molecule has 1 aromatic carbocycles. The van der Waals surface area contributed by atoms with E-state index in [4.69, 9.17) is 15.2 Å². The normalized spacial score (nSPS) is 15.0. The van der Waals surface area contributed by atoms with E-state index in [1.807, 2.05) is 6.92 Å². The van der Waals surface area contributed by atoms with Gasteiger partial charge in [0.15, 0.2) is 0 Å². The summed E-state index contributed by atoms with van der Waals surface area (Å²) in [6.45, 7) is 4.00. The summed E-state index contributed by atoms with van der Waals surface area (Å²) in [6, 6.07) is 4.93. The highest BCUT2D eigenvalue weighted by Crippen LogP contribution is 2.23. The standard InChI is InChI=1S/C18H26N2O4/c1-2-24-14-6-7-16(15(12-14)18(19)22)20-17(21)5-3-4-13-8-10-23-11-9-13/h6-7,12-13H,2-5,8-11H2,1H3,(H2,19,22)(H,20,21). The van der Waals surface area contributed by atoms with Crippen LogP contribution in [-0.2, 0) is 9.53 Å². The third-order valence-corrected chi connectivity index (χ3v) is 4.20. The smallest absolute Gasteiger partial charge is 0.250 e. The number of ether oxygens (including phenoxy) is 2. The van der Waals surface area contributed by atoms with Crippen molar-refractivity contribution >= 4 is 17.5 Å². The molecule has 0 saturated carbocycles. The molecule has 6 nitrogen and oxygen atoms in total. The van der Waals surface area contributed by atoms with Crippen LogP contribution in [0.5, 0.6) is 5.75 Å². The molecule has 0 unspecified atom stereocenters. The number of carbonyl (C=O) groups excluding carboxylic acids is 2. The predicted octanol–water partition coefficient (Wildman–Crippen LogP) is 2.72. The zero-order chi connectivity index (χ0) is 17.4. The SMILES string of the molecule is CCOc1ccc(NC(=O)CCCC2CCOCC2)c(C(N)=O)c1. The molecule has 0 spiro atoms. The van der Waals surface area contributed by atoms with Gasteiger partial charge in [-0.2, -0.15) is 0 Å². The first kappa shape index (κ1) is 18.3. The Morgan fingerprint density at radius 1 is 1.33 bits per heavy atom. The number of amides is 2. The van der Waals surface area contributed by atoms with Crippen LogP contribution in [-0.4, -0.2) is 31.6 Å². The maximum absolute atomic E-state index is 12.1. The quantitative estimate of drug-likeness (QED) is 0.765. The fraction of sp³-hybridized carbons (Fsp3) is 0.556. The number of benzene rings is 1. The fourth-order valence-corrected chi connectivity index (χ4v) is 2.89. The molecule has 0 atom stereocenters. The lowest BCUT2D eigenvalue weighted by atomic mass is 9.94. The maximum atomic E-state index is 12.1. The van der Waals surface area contributed by atoms with Crippen LogP contribution in [0.4, 0.5) is 5.69 Å². The Morgan fingerprint density at radius 3 is 2.75 bits per heavy atom. The molecule has 1 heterocycles. The molecule has 0 radical (unpaired) electrons. The summed E-state index contributed by atoms with van der Waals surface area (Å²) < 4.78 is 10.7. The molecule has 1 fully saturated rings. The van der Waals surface area contributed by atoms with E-state index in [-0.39, 0.29) is 11.5 Å². The van der Waals surface area contributed by atoms with Gasteiger partial charge < -0.3 is 20.5 Å². The fourth-order valence-electron chi connectivity index (χ4n) is 2.89. The summed E-state index contributed by atoms with van der Waals surface area (Å²) in [4.78, 5) is 23.7. The van der Waals surface area contributed by atoms with E-state index < -0.39 is 5.91 Å². The molecule has 1 aliphatic heterocycles. The third kappa shape index (κ3) is 5.53. The second-order valence-electron chi connectivity index (χ2n) is 6.00. The summed E-state index contributed by atoms with van der Waals surface area (Å²) in [7, 11) is 0. The number of hydrogen-bond donors (Lipinski definition) is 2. The zero-order valence-corrected chi connectivity index (χ0v) is 14.2. The Hall–Kier alpha value is -2.08. The Kier molecular flexibility index (Phi) is 7.06. The van der Waals surface area contributed by atoms with Gasteiger partial charge in [-0.15, -0.1) is 0 Å². The van der Waals surface area contributed by atoms with E-state index in [1.165, 1.54) is 0 Å². The van der Waals surface area contributed by atoms with E-state index in [9.17, 15) is 9.59 Å². The van der Waals surface area contributed by atoms with Gasteiger partial charge in [0, 0.05) is 19.6 Å². The van der Waals surface area contributed by atoms with Crippen molar-refractivity contribution < 1.29 is 19.1 Å². The van der Waals surface area contributed by atoms with Gasteiger partial charge in [0.1, 0.15) is 5.75 Å². The van der Waals surface area contributed by atoms with Crippen LogP contribution in [0.2, 0.25) is 0 Å². The van der Waals surface area contributed by atoms with E-state index in [2.05, 4.69) is 5.32 Å². The molecule has 2 rings (SSSR count). The monoisotopic (exact) mass is 334 g/mol. The summed E-state index contributed by atoms with van der Waals surface area (Å²) in [5, 5.41) is 2.78. The molecule has 1 aliphatic rings. The molecular weight excluding hydrogens is 308 g/mol. The number of hydrogen-bond acceptors (Lipinski definition) is 4. The van der Waals surface area contributed by atoms with Gasteiger partial charge in [0.2, 0.25) is 5.91 Å². The average Bonchev–Trinajstić information content (AvgIpc) is 2.57. The highest BCUT2D eigenvalue weighted by Gasteiger charge is 2.15. The third-order valence-electron chi connectivity index (χ3n) is 4.20. The minimum absolute atomic E-state index is 0.103. The molecule has 1 aromatic rings. The molecule has 0 aliphatic carbocycles. The zero-order valence-electron chi connectivity index (χ0n) is 14.2. The van der Waals surface area contributed by atoms with Gasteiger partial charge >= 0.3 is 0 Å². The molecule has 0 aromatic heterocycles. The molecule has 3 N–H and O–H groups in total. The van der Waals surface area contributed by atoms with Gasteiger partial charge in [0.25, 0.3) is 5.91 Å². The second-order valence-corrected chi connectivity index (χ2v) is 6.00. The van der Waals surface area contributed by atoms with Crippen LogP contribution >= 0.6 is 0 Å². The highest BCUT2D eigenvalue weighted by atomic mass is 16.5. The first-order valence-electron chi connectivity index (χ1n) is 8.54. The Balaban J connectivity index is 1.87. The number of primary amides is 1. The van der Waals surface area contributed by atoms with Gasteiger partial charge in [0.05, 0.1) is 17.9 Å². The summed E-state index contributed by atoms with van der Waals surface area (Å²) >= 11 is 0. The summed E-state index contributed by atoms with van der Waals surface area (Å²) in [5.41, 5.74) is 6.09.